The Morgan fingerprint density at radius 2 is 1.76 bits per heavy atom. The number of aromatic nitrogens is 2. The number of imidazole rings is 1. The topological polar surface area (TPSA) is 81.6 Å². The van der Waals surface area contributed by atoms with Crippen LogP contribution in [0.1, 0.15) is 55.4 Å². The summed E-state index contributed by atoms with van der Waals surface area (Å²) in [5.74, 6) is -3.66. The minimum atomic E-state index is -5.44. The summed E-state index contributed by atoms with van der Waals surface area (Å²) in [6.45, 7) is 8.42. The number of hydrogen-bond acceptors (Lipinski definition) is 4. The number of carbonyl (C=O) groups excluding carboxylic acids is 1. The Morgan fingerprint density at radius 3 is 2.29 bits per heavy atom. The van der Waals surface area contributed by atoms with Crippen LogP contribution in [0.25, 0.3) is 5.65 Å². The molecule has 6 nitrogen and oxygen atoms in total. The van der Waals surface area contributed by atoms with Gasteiger partial charge in [-0.1, -0.05) is 13.8 Å². The van der Waals surface area contributed by atoms with Crippen molar-refractivity contribution < 1.29 is 35.9 Å². The number of aryl methyl sites for hydroxylation is 2. The summed E-state index contributed by atoms with van der Waals surface area (Å²) in [7, 11) is 0. The molecule has 192 valence electrons. The van der Waals surface area contributed by atoms with Crippen LogP contribution in [0.2, 0.25) is 0 Å². The van der Waals surface area contributed by atoms with E-state index in [1.807, 2.05) is 20.8 Å². The Balaban J connectivity index is 2.26. The molecule has 0 bridgehead atoms. The van der Waals surface area contributed by atoms with Gasteiger partial charge in [-0.15, -0.1) is 0 Å². The van der Waals surface area contributed by atoms with E-state index < -0.39 is 42.7 Å². The first-order valence-electron chi connectivity index (χ1n) is 10.7. The molecule has 34 heavy (non-hydrogen) atoms. The van der Waals surface area contributed by atoms with E-state index in [1.54, 1.807) is 20.0 Å². The van der Waals surface area contributed by atoms with E-state index in [4.69, 9.17) is 10.5 Å². The average molecular weight is 496 g/mol. The molecule has 1 unspecified atom stereocenters. The normalized spacial score (nSPS) is 14.6. The number of nitrogens with two attached hydrogens (primary N) is 1. The number of amides is 1. The molecule has 0 fully saturated rings. The first kappa shape index (κ1) is 27.7. The molecule has 3 N–H and O–H groups in total. The average Bonchev–Trinajstić information content (AvgIpc) is 2.96. The summed E-state index contributed by atoms with van der Waals surface area (Å²) >= 11 is 0. The lowest BCUT2D eigenvalue weighted by molar-refractivity contribution is -0.286. The SMILES string of the molecule is Cc1cc(OCCC(C(F)(F)F)C(F)(F)F)c2nc(C)c(C(=O)NCC(C)(N)CC(C)C)n2c1. The van der Waals surface area contributed by atoms with Gasteiger partial charge >= 0.3 is 12.4 Å². The van der Waals surface area contributed by atoms with E-state index in [9.17, 15) is 31.1 Å². The standard InChI is InChI=1S/C22H30F6N4O2/c1-12(2)9-20(5,29)11-30-19(33)17-14(4)31-18-15(8-13(3)10-32(17)18)34-7-6-16(21(23,24)25)22(26,27)28/h8,10,12,16H,6-7,9,11,29H2,1-5H3,(H,30,33). The van der Waals surface area contributed by atoms with Crippen molar-refractivity contribution in [3.8, 4) is 5.75 Å². The number of pyridine rings is 1. The second-order valence-corrected chi connectivity index (χ2v) is 9.33. The third kappa shape index (κ3) is 7.00. The predicted molar refractivity (Wildman–Crippen MR) is 115 cm³/mol. The Morgan fingerprint density at radius 1 is 1.18 bits per heavy atom. The van der Waals surface area contributed by atoms with Crippen LogP contribution in [0.15, 0.2) is 12.3 Å². The maximum Gasteiger partial charge on any atom is 0.400 e. The second-order valence-electron chi connectivity index (χ2n) is 9.33. The van der Waals surface area contributed by atoms with E-state index in [-0.39, 0.29) is 23.6 Å². The first-order valence-corrected chi connectivity index (χ1v) is 10.7. The van der Waals surface area contributed by atoms with Crippen LogP contribution in [-0.2, 0) is 0 Å². The van der Waals surface area contributed by atoms with Gasteiger partial charge < -0.3 is 15.8 Å². The molecule has 0 aliphatic rings. The maximum atomic E-state index is 12.9. The number of hydrogen-bond donors (Lipinski definition) is 2. The van der Waals surface area contributed by atoms with Crippen LogP contribution in [-0.4, -0.2) is 46.3 Å². The number of nitrogens with zero attached hydrogens (tertiary/aromatic N) is 2. The summed E-state index contributed by atoms with van der Waals surface area (Å²) in [6, 6.07) is 1.44. The lowest BCUT2D eigenvalue weighted by atomic mass is 9.92. The number of alkyl halides is 6. The Hall–Kier alpha value is -2.50. The molecule has 0 saturated heterocycles. The van der Waals surface area contributed by atoms with E-state index in [0.717, 1.165) is 0 Å². The van der Waals surface area contributed by atoms with Gasteiger partial charge in [0.15, 0.2) is 17.3 Å². The van der Waals surface area contributed by atoms with Crippen LogP contribution >= 0.6 is 0 Å². The fraction of sp³-hybridized carbons (Fsp3) is 0.636. The highest BCUT2D eigenvalue weighted by molar-refractivity contribution is 5.95. The minimum Gasteiger partial charge on any atom is -0.490 e. The summed E-state index contributed by atoms with van der Waals surface area (Å²) in [6.07, 6.45) is -9.92. The molecule has 1 atom stereocenters. The minimum absolute atomic E-state index is 0.0197. The van der Waals surface area contributed by atoms with E-state index in [1.165, 1.54) is 10.5 Å². The molecule has 12 heteroatoms. The van der Waals surface area contributed by atoms with Crippen LogP contribution in [0.3, 0.4) is 0 Å². The van der Waals surface area contributed by atoms with Crippen LogP contribution in [0.5, 0.6) is 5.75 Å². The zero-order chi connectivity index (χ0) is 26.1. The van der Waals surface area contributed by atoms with E-state index in [0.29, 0.717) is 23.6 Å². The van der Waals surface area contributed by atoms with Crippen LogP contribution in [0, 0.1) is 25.7 Å². The lowest BCUT2D eigenvalue weighted by Gasteiger charge is -2.26. The zero-order valence-electron chi connectivity index (χ0n) is 19.7. The molecule has 1 amide bonds. The van der Waals surface area contributed by atoms with Gasteiger partial charge in [0.1, 0.15) is 5.69 Å². The van der Waals surface area contributed by atoms with Gasteiger partial charge in [-0.25, -0.2) is 4.98 Å². The molecule has 0 spiro atoms. The number of rotatable bonds is 9. The highest BCUT2D eigenvalue weighted by Crippen LogP contribution is 2.41. The van der Waals surface area contributed by atoms with Crippen molar-refractivity contribution in [2.75, 3.05) is 13.2 Å². The predicted octanol–water partition coefficient (Wildman–Crippen LogP) is 4.95. The largest absolute Gasteiger partial charge is 0.490 e. The fourth-order valence-electron chi connectivity index (χ4n) is 3.91. The monoisotopic (exact) mass is 496 g/mol. The van der Waals surface area contributed by atoms with Crippen molar-refractivity contribution >= 4 is 11.6 Å². The molecule has 2 aromatic heterocycles. The Kier molecular flexibility index (Phi) is 8.17. The maximum absolute atomic E-state index is 12.9. The quantitative estimate of drug-likeness (QED) is 0.481. The van der Waals surface area contributed by atoms with Gasteiger partial charge in [0.25, 0.3) is 5.91 Å². The Bertz CT molecular complexity index is 997. The first-order chi connectivity index (χ1) is 15.4. The molecule has 2 aromatic rings. The molecule has 0 saturated carbocycles. The Labute approximate surface area is 193 Å². The van der Waals surface area contributed by atoms with Crippen molar-refractivity contribution in [1.29, 1.82) is 0 Å². The molecule has 0 aliphatic carbocycles. The second kappa shape index (κ2) is 10.0. The highest BCUT2D eigenvalue weighted by atomic mass is 19.4. The van der Waals surface area contributed by atoms with Gasteiger partial charge in [0, 0.05) is 24.7 Å². The van der Waals surface area contributed by atoms with Crippen molar-refractivity contribution in [2.24, 2.45) is 17.6 Å². The summed E-state index contributed by atoms with van der Waals surface area (Å²) in [5.41, 5.74) is 6.77. The number of halogens is 6. The molecule has 0 aliphatic heterocycles. The van der Waals surface area contributed by atoms with Gasteiger partial charge in [0.05, 0.1) is 12.3 Å². The fourth-order valence-corrected chi connectivity index (χ4v) is 3.91. The van der Waals surface area contributed by atoms with E-state index in [2.05, 4.69) is 10.3 Å². The summed E-state index contributed by atoms with van der Waals surface area (Å²) in [5, 5.41) is 2.78. The molecule has 0 radical (unpaired) electrons. The zero-order valence-corrected chi connectivity index (χ0v) is 19.7. The van der Waals surface area contributed by atoms with Crippen molar-refractivity contribution in [1.82, 2.24) is 14.7 Å². The summed E-state index contributed by atoms with van der Waals surface area (Å²) in [4.78, 5) is 17.2. The molecule has 2 rings (SSSR count). The third-order valence-corrected chi connectivity index (χ3v) is 5.19. The van der Waals surface area contributed by atoms with Crippen LogP contribution in [0.4, 0.5) is 26.3 Å². The lowest BCUT2D eigenvalue weighted by Crippen LogP contribution is -2.48. The van der Waals surface area contributed by atoms with Crippen molar-refractivity contribution in [2.45, 2.75) is 65.4 Å². The van der Waals surface area contributed by atoms with Gasteiger partial charge in [-0.05, 0) is 44.7 Å². The number of carbonyl (C=O) groups is 1. The van der Waals surface area contributed by atoms with Crippen LogP contribution < -0.4 is 15.8 Å². The third-order valence-electron chi connectivity index (χ3n) is 5.19. The van der Waals surface area contributed by atoms with Gasteiger partial charge in [-0.2, -0.15) is 26.3 Å². The highest BCUT2D eigenvalue weighted by Gasteiger charge is 2.56. The molecule has 0 aromatic carbocycles. The number of fused-ring (bicyclic) bond motifs is 1. The number of nitrogens with one attached hydrogen (secondary N) is 1. The molecular weight excluding hydrogens is 466 g/mol. The number of ether oxygens (including phenoxy) is 1. The van der Waals surface area contributed by atoms with Crippen molar-refractivity contribution in [3.63, 3.8) is 0 Å². The van der Waals surface area contributed by atoms with E-state index >= 15 is 0 Å². The summed E-state index contributed by atoms with van der Waals surface area (Å²) < 4.78 is 83.4. The van der Waals surface area contributed by atoms with Crippen molar-refractivity contribution in [3.05, 3.63) is 29.2 Å². The molecule has 2 heterocycles. The smallest absolute Gasteiger partial charge is 0.400 e. The van der Waals surface area contributed by atoms with Gasteiger partial charge in [-0.3, -0.25) is 9.20 Å². The molecular formula is C22H30F6N4O2. The van der Waals surface area contributed by atoms with Gasteiger partial charge in [0.2, 0.25) is 0 Å².